The molecule has 1 N–H and O–H groups in total. The van der Waals surface area contributed by atoms with Gasteiger partial charge in [0, 0.05) is 9.85 Å². The van der Waals surface area contributed by atoms with Crippen molar-refractivity contribution in [3.8, 4) is 0 Å². The Hall–Kier alpha value is 0.130. The van der Waals surface area contributed by atoms with Gasteiger partial charge >= 0.3 is 0 Å². The molecule has 0 atom stereocenters. The number of nitrogens with zero attached hydrogens (tertiary/aromatic N) is 1. The Morgan fingerprint density at radius 1 is 1.60 bits per heavy atom. The summed E-state index contributed by atoms with van der Waals surface area (Å²) in [6, 6.07) is 0. The van der Waals surface area contributed by atoms with Crippen molar-refractivity contribution in [2.45, 2.75) is 0 Å². The summed E-state index contributed by atoms with van der Waals surface area (Å²) in [4.78, 5) is 0.898. The van der Waals surface area contributed by atoms with Crippen LogP contribution in [0.5, 0.6) is 0 Å². The third-order valence-corrected chi connectivity index (χ3v) is 4.38. The van der Waals surface area contributed by atoms with Crippen LogP contribution < -0.4 is 0 Å². The standard InChI is InChI=1S/C5H3Br2NOS/c6-3-2-10-4(1-8-9)5(3)7/h1-2,9H/b8-1-. The Kier molecular flexibility index (Phi) is 2.88. The van der Waals surface area contributed by atoms with Gasteiger partial charge in [0.15, 0.2) is 0 Å². The summed E-state index contributed by atoms with van der Waals surface area (Å²) in [6.07, 6.45) is 1.39. The number of thiophene rings is 1. The van der Waals surface area contributed by atoms with Crippen molar-refractivity contribution >= 4 is 49.4 Å². The molecule has 0 aliphatic rings. The molecule has 0 spiro atoms. The molecule has 0 unspecified atom stereocenters. The molecule has 0 bridgehead atoms. The molecule has 0 amide bonds. The van der Waals surface area contributed by atoms with Crippen LogP contribution in [0.25, 0.3) is 0 Å². The fraction of sp³-hybridized carbons (Fsp3) is 0. The SMILES string of the molecule is O/N=C\c1scc(Br)c1Br. The van der Waals surface area contributed by atoms with E-state index >= 15 is 0 Å². The predicted octanol–water partition coefficient (Wildman–Crippen LogP) is 3.08. The minimum Gasteiger partial charge on any atom is -0.411 e. The van der Waals surface area contributed by atoms with Crippen LogP contribution in [0, 0.1) is 0 Å². The highest BCUT2D eigenvalue weighted by Gasteiger charge is 2.03. The van der Waals surface area contributed by atoms with E-state index in [1.165, 1.54) is 17.6 Å². The lowest BCUT2D eigenvalue weighted by atomic mass is 10.5. The fourth-order valence-electron chi connectivity index (χ4n) is 0.476. The van der Waals surface area contributed by atoms with E-state index in [9.17, 15) is 0 Å². The van der Waals surface area contributed by atoms with E-state index in [1.807, 2.05) is 5.38 Å². The Bertz CT molecular complexity index is 258. The number of hydrogen-bond donors (Lipinski definition) is 1. The monoisotopic (exact) mass is 283 g/mol. The highest BCUT2D eigenvalue weighted by atomic mass is 79.9. The van der Waals surface area contributed by atoms with Gasteiger partial charge in [0.25, 0.3) is 0 Å². The highest BCUT2D eigenvalue weighted by Crippen LogP contribution is 2.31. The van der Waals surface area contributed by atoms with E-state index in [0.717, 1.165) is 13.8 Å². The molecule has 0 saturated heterocycles. The molecule has 54 valence electrons. The van der Waals surface area contributed by atoms with Crippen molar-refractivity contribution in [3.63, 3.8) is 0 Å². The molecule has 1 heterocycles. The third kappa shape index (κ3) is 1.59. The van der Waals surface area contributed by atoms with Crippen LogP contribution in [-0.4, -0.2) is 11.4 Å². The van der Waals surface area contributed by atoms with Gasteiger partial charge in [-0.2, -0.15) is 0 Å². The first-order chi connectivity index (χ1) is 4.75. The second kappa shape index (κ2) is 3.50. The zero-order chi connectivity index (χ0) is 7.56. The topological polar surface area (TPSA) is 32.6 Å². The second-order valence-corrected chi connectivity index (χ2v) is 4.07. The summed E-state index contributed by atoms with van der Waals surface area (Å²) in [6.45, 7) is 0. The molecule has 0 aliphatic heterocycles. The minimum absolute atomic E-state index is 0.898. The maximum Gasteiger partial charge on any atom is 0.0845 e. The average molecular weight is 285 g/mol. The van der Waals surface area contributed by atoms with Crippen LogP contribution in [0.1, 0.15) is 4.88 Å². The quantitative estimate of drug-likeness (QED) is 0.480. The Morgan fingerprint density at radius 3 is 2.70 bits per heavy atom. The third-order valence-electron chi connectivity index (χ3n) is 0.890. The molecule has 2 nitrogen and oxygen atoms in total. The van der Waals surface area contributed by atoms with Gasteiger partial charge in [0.2, 0.25) is 0 Å². The Morgan fingerprint density at radius 2 is 2.30 bits per heavy atom. The summed E-state index contributed by atoms with van der Waals surface area (Å²) in [5.74, 6) is 0. The van der Waals surface area contributed by atoms with Crippen LogP contribution in [0.2, 0.25) is 0 Å². The van der Waals surface area contributed by atoms with E-state index in [1.54, 1.807) is 0 Å². The van der Waals surface area contributed by atoms with Gasteiger partial charge in [-0.05, 0) is 31.9 Å². The molecule has 0 saturated carbocycles. The Labute approximate surface area is 78.8 Å². The van der Waals surface area contributed by atoms with Gasteiger partial charge in [0.1, 0.15) is 0 Å². The van der Waals surface area contributed by atoms with Gasteiger partial charge in [-0.25, -0.2) is 0 Å². The molecule has 0 aromatic carbocycles. The number of oxime groups is 1. The zero-order valence-corrected chi connectivity index (χ0v) is 8.70. The molecule has 1 aromatic heterocycles. The van der Waals surface area contributed by atoms with Crippen molar-refractivity contribution in [2.75, 3.05) is 0 Å². The molecule has 10 heavy (non-hydrogen) atoms. The van der Waals surface area contributed by atoms with Crippen LogP contribution >= 0.6 is 43.2 Å². The molecule has 1 rings (SSSR count). The van der Waals surface area contributed by atoms with E-state index < -0.39 is 0 Å². The predicted molar refractivity (Wildman–Crippen MR) is 49.1 cm³/mol. The van der Waals surface area contributed by atoms with Gasteiger partial charge in [-0.1, -0.05) is 5.16 Å². The zero-order valence-electron chi connectivity index (χ0n) is 4.71. The average Bonchev–Trinajstić information content (AvgIpc) is 2.20. The van der Waals surface area contributed by atoms with Crippen molar-refractivity contribution in [3.05, 3.63) is 19.2 Å². The highest BCUT2D eigenvalue weighted by molar-refractivity contribution is 9.13. The number of halogens is 2. The maximum absolute atomic E-state index is 8.19. The molecule has 0 aliphatic carbocycles. The van der Waals surface area contributed by atoms with Crippen LogP contribution in [0.4, 0.5) is 0 Å². The maximum atomic E-state index is 8.19. The summed E-state index contributed by atoms with van der Waals surface area (Å²) >= 11 is 8.12. The Balaban J connectivity index is 3.05. The molecular weight excluding hydrogens is 282 g/mol. The fourth-order valence-corrected chi connectivity index (χ4v) is 2.42. The lowest BCUT2D eigenvalue weighted by Gasteiger charge is -1.84. The van der Waals surface area contributed by atoms with Gasteiger partial charge < -0.3 is 5.21 Å². The summed E-state index contributed by atoms with van der Waals surface area (Å²) in [5, 5.41) is 13.0. The number of rotatable bonds is 1. The van der Waals surface area contributed by atoms with E-state index in [4.69, 9.17) is 5.21 Å². The summed E-state index contributed by atoms with van der Waals surface area (Å²) in [7, 11) is 0. The van der Waals surface area contributed by atoms with Gasteiger partial charge in [-0.3, -0.25) is 0 Å². The van der Waals surface area contributed by atoms with Crippen LogP contribution in [0.15, 0.2) is 19.5 Å². The van der Waals surface area contributed by atoms with E-state index in [2.05, 4.69) is 37.0 Å². The smallest absolute Gasteiger partial charge is 0.0845 e. The van der Waals surface area contributed by atoms with E-state index in [-0.39, 0.29) is 0 Å². The molecular formula is C5H3Br2NOS. The van der Waals surface area contributed by atoms with Crippen molar-refractivity contribution in [1.82, 2.24) is 0 Å². The molecule has 5 heteroatoms. The summed E-state index contributed by atoms with van der Waals surface area (Å²) < 4.78 is 1.91. The first-order valence-electron chi connectivity index (χ1n) is 2.35. The van der Waals surface area contributed by atoms with Crippen LogP contribution in [0.3, 0.4) is 0 Å². The van der Waals surface area contributed by atoms with Crippen molar-refractivity contribution < 1.29 is 5.21 Å². The lowest BCUT2D eigenvalue weighted by molar-refractivity contribution is 0.322. The van der Waals surface area contributed by atoms with Gasteiger partial charge in [-0.15, -0.1) is 11.3 Å². The first-order valence-corrected chi connectivity index (χ1v) is 4.82. The normalized spacial score (nSPS) is 11.0. The summed E-state index contributed by atoms with van der Waals surface area (Å²) in [5.41, 5.74) is 0. The van der Waals surface area contributed by atoms with Crippen molar-refractivity contribution in [2.24, 2.45) is 5.16 Å². The molecule has 0 radical (unpaired) electrons. The van der Waals surface area contributed by atoms with Crippen LogP contribution in [-0.2, 0) is 0 Å². The molecule has 0 fully saturated rings. The van der Waals surface area contributed by atoms with Crippen molar-refractivity contribution in [1.29, 1.82) is 0 Å². The molecule has 1 aromatic rings. The van der Waals surface area contributed by atoms with Gasteiger partial charge in [0.05, 0.1) is 15.6 Å². The lowest BCUT2D eigenvalue weighted by Crippen LogP contribution is -1.72. The minimum atomic E-state index is 0.898. The van der Waals surface area contributed by atoms with E-state index in [0.29, 0.717) is 0 Å². The number of hydrogen-bond acceptors (Lipinski definition) is 3. The largest absolute Gasteiger partial charge is 0.411 e. The second-order valence-electron chi connectivity index (χ2n) is 1.51. The first kappa shape index (κ1) is 8.23.